The Balaban J connectivity index is 3.01. The van der Waals surface area contributed by atoms with Crippen molar-refractivity contribution in [1.82, 2.24) is 0 Å². The largest absolute Gasteiger partial charge is 0.378 e. The topological polar surface area (TPSA) is 54.0 Å². The average molecular weight is 373 g/mol. The molecule has 0 aliphatic carbocycles. The molecule has 0 saturated carbocycles. The Hall–Kier alpha value is 0.560. The Morgan fingerprint density at radius 3 is 1.73 bits per heavy atom. The lowest BCUT2D eigenvalue weighted by molar-refractivity contribution is -0.110. The van der Waals surface area contributed by atoms with Crippen LogP contribution in [0.25, 0.3) is 0 Å². The van der Waals surface area contributed by atoms with Crippen LogP contribution in [0.5, 0.6) is 0 Å². The van der Waals surface area contributed by atoms with E-state index in [4.69, 9.17) is 18.9 Å². The Morgan fingerprint density at radius 2 is 1.27 bits per heavy atom. The van der Waals surface area contributed by atoms with Gasteiger partial charge in [-0.1, -0.05) is 11.8 Å². The van der Waals surface area contributed by atoms with Crippen molar-refractivity contribution >= 4 is 41.3 Å². The number of rotatable bonds is 17. The van der Waals surface area contributed by atoms with Crippen LogP contribution >= 0.6 is 36.2 Å². The quantitative estimate of drug-likeness (QED) is 0.309. The summed E-state index contributed by atoms with van der Waals surface area (Å²) in [6.45, 7) is 4.79. The van der Waals surface area contributed by atoms with Gasteiger partial charge >= 0.3 is 0 Å². The number of ether oxygens (including phenoxy) is 4. The predicted molar refractivity (Wildman–Crippen MR) is 97.6 cm³/mol. The molecule has 132 valence electrons. The third kappa shape index (κ3) is 18.6. The number of hydrogen-bond donors (Lipinski definition) is 1. The summed E-state index contributed by atoms with van der Waals surface area (Å²) in [7, 11) is 0. The molecule has 0 fully saturated rings. The van der Waals surface area contributed by atoms with E-state index < -0.39 is 0 Å². The fraction of sp³-hybridized carbons (Fsp3) is 0.929. The molecule has 0 spiro atoms. The molecule has 5 nitrogen and oxygen atoms in total. The highest BCUT2D eigenvalue weighted by Gasteiger charge is 2.00. The van der Waals surface area contributed by atoms with Gasteiger partial charge in [0.2, 0.25) is 0 Å². The summed E-state index contributed by atoms with van der Waals surface area (Å²) in [5, 5.41) is 0.171. The maximum absolute atomic E-state index is 11.2. The van der Waals surface area contributed by atoms with Crippen molar-refractivity contribution in [1.29, 1.82) is 0 Å². The monoisotopic (exact) mass is 372 g/mol. The zero-order chi connectivity index (χ0) is 16.3. The molecule has 22 heavy (non-hydrogen) atoms. The number of hydrogen-bond acceptors (Lipinski definition) is 8. The summed E-state index contributed by atoms with van der Waals surface area (Å²) < 4.78 is 21.4. The van der Waals surface area contributed by atoms with Gasteiger partial charge in [-0.25, -0.2) is 0 Å². The molecule has 0 aliphatic heterocycles. The standard InChI is InChI=1S/C14H28O5S3/c1-21-12-9-18-7-5-16-3-4-17-6-8-19-10-13-22-14(15)2-11-20/h20H,2-13H2,1H3. The Bertz CT molecular complexity index is 245. The van der Waals surface area contributed by atoms with Crippen LogP contribution in [0, 0.1) is 0 Å². The lowest BCUT2D eigenvalue weighted by Gasteiger charge is -2.07. The third-order valence-corrected chi connectivity index (χ3v) is 4.05. The minimum atomic E-state index is 0.171. The van der Waals surface area contributed by atoms with Gasteiger partial charge in [-0.15, -0.1) is 0 Å². The highest BCUT2D eigenvalue weighted by molar-refractivity contribution is 8.13. The molecule has 0 radical (unpaired) electrons. The van der Waals surface area contributed by atoms with Crippen molar-refractivity contribution < 1.29 is 23.7 Å². The van der Waals surface area contributed by atoms with Gasteiger partial charge < -0.3 is 18.9 Å². The van der Waals surface area contributed by atoms with Crippen molar-refractivity contribution in [2.75, 3.05) is 76.4 Å². The lowest BCUT2D eigenvalue weighted by Crippen LogP contribution is -2.13. The first-order chi connectivity index (χ1) is 10.8. The molecule has 0 aromatic heterocycles. The normalized spacial score (nSPS) is 11.0. The number of carbonyl (C=O) groups excluding carboxylic acids is 1. The average Bonchev–Trinajstić information content (AvgIpc) is 2.51. The first-order valence-electron chi connectivity index (χ1n) is 7.37. The zero-order valence-electron chi connectivity index (χ0n) is 13.3. The molecule has 0 amide bonds. The zero-order valence-corrected chi connectivity index (χ0v) is 15.8. The molecule has 0 saturated heterocycles. The highest BCUT2D eigenvalue weighted by atomic mass is 32.2. The van der Waals surface area contributed by atoms with Crippen LogP contribution in [-0.2, 0) is 23.7 Å². The van der Waals surface area contributed by atoms with E-state index in [1.807, 2.05) is 0 Å². The molecule has 0 bridgehead atoms. The molecule has 0 aliphatic rings. The van der Waals surface area contributed by atoms with Crippen LogP contribution in [0.2, 0.25) is 0 Å². The van der Waals surface area contributed by atoms with Crippen molar-refractivity contribution in [2.24, 2.45) is 0 Å². The van der Waals surface area contributed by atoms with Crippen molar-refractivity contribution in [3.8, 4) is 0 Å². The Kier molecular flexibility index (Phi) is 20.1. The first kappa shape index (κ1) is 22.6. The van der Waals surface area contributed by atoms with E-state index >= 15 is 0 Å². The molecule has 0 unspecified atom stereocenters. The number of thiol groups is 1. The second-order valence-corrected chi connectivity index (χ2v) is 6.72. The second kappa shape index (κ2) is 19.6. The smallest absolute Gasteiger partial charge is 0.189 e. The van der Waals surface area contributed by atoms with Gasteiger partial charge in [0.1, 0.15) is 0 Å². The molecular formula is C14H28O5S3. The molecule has 0 aromatic rings. The summed E-state index contributed by atoms with van der Waals surface area (Å²) in [6.07, 6.45) is 2.57. The van der Waals surface area contributed by atoms with Crippen molar-refractivity contribution in [3.05, 3.63) is 0 Å². The fourth-order valence-electron chi connectivity index (χ4n) is 1.28. The lowest BCUT2D eigenvalue weighted by atomic mass is 10.5. The van der Waals surface area contributed by atoms with Crippen LogP contribution in [0.15, 0.2) is 0 Å². The molecular weight excluding hydrogens is 344 g/mol. The van der Waals surface area contributed by atoms with Gasteiger partial charge in [-0.3, -0.25) is 4.79 Å². The summed E-state index contributed by atoms with van der Waals surface area (Å²) >= 11 is 7.08. The summed E-state index contributed by atoms with van der Waals surface area (Å²) in [5.41, 5.74) is 0. The van der Waals surface area contributed by atoms with Crippen LogP contribution in [0.1, 0.15) is 6.42 Å². The van der Waals surface area contributed by atoms with Gasteiger partial charge in [0.25, 0.3) is 0 Å². The fourth-order valence-corrected chi connectivity index (χ4v) is 2.60. The molecule has 0 N–H and O–H groups in total. The van der Waals surface area contributed by atoms with Crippen molar-refractivity contribution in [3.63, 3.8) is 0 Å². The molecule has 0 rings (SSSR count). The van der Waals surface area contributed by atoms with E-state index in [2.05, 4.69) is 18.9 Å². The maximum Gasteiger partial charge on any atom is 0.189 e. The van der Waals surface area contributed by atoms with Gasteiger partial charge in [0, 0.05) is 17.9 Å². The van der Waals surface area contributed by atoms with Crippen LogP contribution < -0.4 is 0 Å². The van der Waals surface area contributed by atoms with E-state index in [-0.39, 0.29) is 5.12 Å². The second-order valence-electron chi connectivity index (χ2n) is 4.14. The summed E-state index contributed by atoms with van der Waals surface area (Å²) in [4.78, 5) is 11.2. The molecule has 0 aromatic carbocycles. The van der Waals surface area contributed by atoms with Crippen molar-refractivity contribution in [2.45, 2.75) is 6.42 Å². The van der Waals surface area contributed by atoms with Crippen LogP contribution in [0.4, 0.5) is 0 Å². The van der Waals surface area contributed by atoms with Crippen LogP contribution in [-0.4, -0.2) is 81.5 Å². The minimum absolute atomic E-state index is 0.171. The van der Waals surface area contributed by atoms with E-state index in [1.165, 1.54) is 11.8 Å². The van der Waals surface area contributed by atoms with E-state index in [1.54, 1.807) is 11.8 Å². The number of thioether (sulfide) groups is 2. The van der Waals surface area contributed by atoms with Crippen LogP contribution in [0.3, 0.4) is 0 Å². The van der Waals surface area contributed by atoms with Gasteiger partial charge in [0.15, 0.2) is 5.12 Å². The molecule has 8 heteroatoms. The predicted octanol–water partition coefficient (Wildman–Crippen LogP) is 2.00. The summed E-state index contributed by atoms with van der Waals surface area (Å²) in [6, 6.07) is 0. The van der Waals surface area contributed by atoms with Gasteiger partial charge in [-0.2, -0.15) is 24.4 Å². The Morgan fingerprint density at radius 1 is 0.818 bits per heavy atom. The minimum Gasteiger partial charge on any atom is -0.378 e. The maximum atomic E-state index is 11.2. The number of carbonyl (C=O) groups is 1. The third-order valence-electron chi connectivity index (χ3n) is 2.35. The summed E-state index contributed by atoms with van der Waals surface area (Å²) in [5.74, 6) is 2.31. The first-order valence-corrected chi connectivity index (χ1v) is 10.4. The van der Waals surface area contributed by atoms with E-state index in [9.17, 15) is 4.79 Å². The highest BCUT2D eigenvalue weighted by Crippen LogP contribution is 2.05. The van der Waals surface area contributed by atoms with E-state index in [0.29, 0.717) is 64.2 Å². The molecule has 0 heterocycles. The van der Waals surface area contributed by atoms with Gasteiger partial charge in [0.05, 0.1) is 52.9 Å². The Labute approximate surface area is 148 Å². The molecule has 0 atom stereocenters. The van der Waals surface area contributed by atoms with E-state index in [0.717, 1.165) is 12.4 Å². The van der Waals surface area contributed by atoms with Gasteiger partial charge in [-0.05, 0) is 12.0 Å². The SMILES string of the molecule is CSCCOCCOCCOCCOCCSC(=O)CCS.